The Balaban J connectivity index is 1.58. The molecule has 0 bridgehead atoms. The van der Waals surface area contributed by atoms with Crippen molar-refractivity contribution in [3.63, 3.8) is 0 Å². The molecule has 0 spiro atoms. The van der Waals surface area contributed by atoms with Gasteiger partial charge in [0.15, 0.2) is 18.5 Å². The van der Waals surface area contributed by atoms with E-state index in [9.17, 15) is 60.3 Å². The predicted molar refractivity (Wildman–Crippen MR) is 192 cm³/mol. The van der Waals surface area contributed by atoms with Crippen LogP contribution in [-0.4, -0.2) is 138 Å². The molecule has 9 N–H and O–H groups in total. The number of aromatic carboxylic acids is 1. The molecule has 16 nitrogen and oxygen atoms in total. The third-order valence-corrected chi connectivity index (χ3v) is 9.63. The van der Waals surface area contributed by atoms with Gasteiger partial charge >= 0.3 is 17.9 Å². The number of carbonyl (C=O) groups excluding carboxylic acids is 2. The van der Waals surface area contributed by atoms with Crippen LogP contribution >= 0.6 is 0 Å². The molecule has 310 valence electrons. The average Bonchev–Trinajstić information content (AvgIpc) is 3.13. The second-order valence-electron chi connectivity index (χ2n) is 14.1. The van der Waals surface area contributed by atoms with E-state index in [4.69, 9.17) is 18.9 Å². The standard InChI is InChI=1S/C38H62O16/c1-23(17-14-12-10-8-6-4-3-5-7-9-11-13-15-18-25-19-16-20-26(42)29(25)36(48)49)51-37(50)34(47)32(45)30(43)27(21-39)53-38-35(52-24(2)41)33(46)31(44)28(22-40)54-38/h16,19-20,23,27-28,30-35,38-40,42-47H,3-15,17-18,21-22H2,1-2H3,(H,48,49). The predicted octanol–water partition coefficient (Wildman–Crippen LogP) is 1.86. The molecule has 10 atom stereocenters. The molecule has 1 aliphatic rings. The lowest BCUT2D eigenvalue weighted by atomic mass is 9.98. The Morgan fingerprint density at radius 2 is 1.37 bits per heavy atom. The van der Waals surface area contributed by atoms with Crippen molar-refractivity contribution in [1.29, 1.82) is 0 Å². The zero-order chi connectivity index (χ0) is 40.2. The summed E-state index contributed by atoms with van der Waals surface area (Å²) in [6.07, 6.45) is -2.06. The number of rotatable bonds is 27. The van der Waals surface area contributed by atoms with Gasteiger partial charge in [-0.2, -0.15) is 0 Å². The van der Waals surface area contributed by atoms with E-state index in [1.807, 2.05) is 0 Å². The number of unbranched alkanes of at least 4 members (excludes halogenated alkanes) is 12. The largest absolute Gasteiger partial charge is 0.507 e. The Hall–Kier alpha value is -2.93. The van der Waals surface area contributed by atoms with Gasteiger partial charge in [-0.25, -0.2) is 9.59 Å². The van der Waals surface area contributed by atoms with Crippen LogP contribution in [0.25, 0.3) is 0 Å². The molecule has 1 aliphatic heterocycles. The number of esters is 2. The van der Waals surface area contributed by atoms with E-state index in [1.165, 1.54) is 25.3 Å². The zero-order valence-electron chi connectivity index (χ0n) is 31.4. The Bertz CT molecular complexity index is 1250. The van der Waals surface area contributed by atoms with E-state index in [0.29, 0.717) is 18.4 Å². The number of phenols is 1. The number of carboxylic acids is 1. The summed E-state index contributed by atoms with van der Waals surface area (Å²) in [5.74, 6) is -3.37. The third kappa shape index (κ3) is 15.7. The first-order chi connectivity index (χ1) is 25.7. The fourth-order valence-corrected chi connectivity index (χ4v) is 6.49. The first-order valence-corrected chi connectivity index (χ1v) is 19.1. The first kappa shape index (κ1) is 47.2. The van der Waals surface area contributed by atoms with Crippen LogP contribution in [0.2, 0.25) is 0 Å². The highest BCUT2D eigenvalue weighted by Gasteiger charge is 2.49. The van der Waals surface area contributed by atoms with E-state index in [2.05, 4.69) is 0 Å². The maximum Gasteiger partial charge on any atom is 0.339 e. The van der Waals surface area contributed by atoms with Crippen LogP contribution in [0.4, 0.5) is 0 Å². The number of hydrogen-bond donors (Lipinski definition) is 9. The molecule has 0 aliphatic carbocycles. The lowest BCUT2D eigenvalue weighted by Gasteiger charge is -2.42. The molecular formula is C38H62O16. The summed E-state index contributed by atoms with van der Waals surface area (Å²) in [6.45, 7) is 0.917. The van der Waals surface area contributed by atoms with Crippen molar-refractivity contribution in [2.24, 2.45) is 0 Å². The van der Waals surface area contributed by atoms with Crippen molar-refractivity contribution in [2.75, 3.05) is 13.2 Å². The van der Waals surface area contributed by atoms with Gasteiger partial charge in [-0.05, 0) is 44.2 Å². The molecule has 0 aromatic heterocycles. The topological polar surface area (TPSA) is 270 Å². The summed E-state index contributed by atoms with van der Waals surface area (Å²) in [7, 11) is 0. The minimum atomic E-state index is -2.21. The number of ether oxygens (including phenoxy) is 4. The van der Waals surface area contributed by atoms with Crippen LogP contribution < -0.4 is 0 Å². The number of aromatic hydroxyl groups is 1. The fraction of sp³-hybridized carbons (Fsp3) is 0.763. The molecule has 10 unspecified atom stereocenters. The second-order valence-corrected chi connectivity index (χ2v) is 14.1. The SMILES string of the molecule is CC(=O)OC1C(OC(CO)C(O)C(O)C(O)C(=O)OC(C)CCCCCCCCCCCCCCCc2cccc(O)c2C(=O)O)OC(CO)C(O)C1O. The number of aliphatic hydroxyl groups excluding tert-OH is 7. The minimum absolute atomic E-state index is 0.000810. The molecule has 0 saturated carbocycles. The third-order valence-electron chi connectivity index (χ3n) is 9.63. The van der Waals surface area contributed by atoms with Gasteiger partial charge in [0.05, 0.1) is 19.3 Å². The van der Waals surface area contributed by atoms with Gasteiger partial charge in [-0.15, -0.1) is 0 Å². The van der Waals surface area contributed by atoms with E-state index < -0.39 is 92.3 Å². The number of aliphatic hydroxyl groups is 7. The van der Waals surface area contributed by atoms with Crippen LogP contribution in [-0.2, 0) is 35.0 Å². The van der Waals surface area contributed by atoms with E-state index in [-0.39, 0.29) is 11.3 Å². The smallest absolute Gasteiger partial charge is 0.339 e. The Morgan fingerprint density at radius 1 is 0.815 bits per heavy atom. The van der Waals surface area contributed by atoms with Crippen molar-refractivity contribution in [3.8, 4) is 5.75 Å². The first-order valence-electron chi connectivity index (χ1n) is 19.1. The molecular weight excluding hydrogens is 712 g/mol. The molecule has 1 saturated heterocycles. The zero-order valence-corrected chi connectivity index (χ0v) is 31.4. The Kier molecular flexibility index (Phi) is 22.1. The maximum absolute atomic E-state index is 12.5. The van der Waals surface area contributed by atoms with Gasteiger partial charge in [-0.3, -0.25) is 4.79 Å². The summed E-state index contributed by atoms with van der Waals surface area (Å²) in [5.41, 5.74) is 0.671. The quantitative estimate of drug-likeness (QED) is 0.0456. The van der Waals surface area contributed by atoms with Gasteiger partial charge in [0.25, 0.3) is 0 Å². The van der Waals surface area contributed by atoms with Crippen molar-refractivity contribution in [1.82, 2.24) is 0 Å². The lowest BCUT2D eigenvalue weighted by molar-refractivity contribution is -0.324. The summed E-state index contributed by atoms with van der Waals surface area (Å²) in [4.78, 5) is 35.5. The highest BCUT2D eigenvalue weighted by molar-refractivity contribution is 5.92. The number of aryl methyl sites for hydroxylation is 1. The summed E-state index contributed by atoms with van der Waals surface area (Å²) < 4.78 is 21.0. The maximum atomic E-state index is 12.5. The van der Waals surface area contributed by atoms with Crippen molar-refractivity contribution >= 4 is 17.9 Å². The van der Waals surface area contributed by atoms with Crippen molar-refractivity contribution in [2.45, 2.75) is 171 Å². The van der Waals surface area contributed by atoms with E-state index >= 15 is 0 Å². The van der Waals surface area contributed by atoms with Gasteiger partial charge in [0.2, 0.25) is 0 Å². The highest BCUT2D eigenvalue weighted by atomic mass is 16.7. The molecule has 1 fully saturated rings. The molecule has 2 rings (SSSR count). The number of hydrogen-bond acceptors (Lipinski definition) is 15. The van der Waals surface area contributed by atoms with Gasteiger partial charge in [0, 0.05) is 6.92 Å². The van der Waals surface area contributed by atoms with Crippen LogP contribution in [0.3, 0.4) is 0 Å². The van der Waals surface area contributed by atoms with Crippen molar-refractivity contribution in [3.05, 3.63) is 29.3 Å². The van der Waals surface area contributed by atoms with Gasteiger partial charge < -0.3 is 64.9 Å². The molecule has 0 amide bonds. The average molecular weight is 775 g/mol. The molecule has 1 heterocycles. The molecule has 54 heavy (non-hydrogen) atoms. The second kappa shape index (κ2) is 25.3. The van der Waals surface area contributed by atoms with Gasteiger partial charge in [-0.1, -0.05) is 82.8 Å². The van der Waals surface area contributed by atoms with Crippen LogP contribution in [0, 0.1) is 0 Å². The number of carboxylic acid groups (broad SMARTS) is 1. The summed E-state index contributed by atoms with van der Waals surface area (Å²) >= 11 is 0. The summed E-state index contributed by atoms with van der Waals surface area (Å²) in [6, 6.07) is 4.82. The van der Waals surface area contributed by atoms with Crippen LogP contribution in [0.1, 0.15) is 120 Å². The molecule has 1 aromatic rings. The van der Waals surface area contributed by atoms with Crippen molar-refractivity contribution < 1.29 is 79.3 Å². The summed E-state index contributed by atoms with van der Waals surface area (Å²) in [5, 5.41) is 90.4. The fourth-order valence-electron chi connectivity index (χ4n) is 6.49. The van der Waals surface area contributed by atoms with Crippen LogP contribution in [0.5, 0.6) is 5.75 Å². The Labute approximate surface area is 316 Å². The number of benzene rings is 1. The van der Waals surface area contributed by atoms with Gasteiger partial charge in [0.1, 0.15) is 47.9 Å². The normalized spacial score (nSPS) is 22.9. The monoisotopic (exact) mass is 774 g/mol. The Morgan fingerprint density at radius 3 is 1.89 bits per heavy atom. The number of carbonyl (C=O) groups is 3. The lowest BCUT2D eigenvalue weighted by Crippen LogP contribution is -2.62. The molecule has 16 heteroatoms. The molecule has 1 aromatic carbocycles. The minimum Gasteiger partial charge on any atom is -0.507 e. The highest BCUT2D eigenvalue weighted by Crippen LogP contribution is 2.27. The van der Waals surface area contributed by atoms with E-state index in [1.54, 1.807) is 19.1 Å². The van der Waals surface area contributed by atoms with Crippen LogP contribution in [0.15, 0.2) is 18.2 Å². The molecule has 0 radical (unpaired) electrons. The van der Waals surface area contributed by atoms with E-state index in [0.717, 1.165) is 71.1 Å².